The summed E-state index contributed by atoms with van der Waals surface area (Å²) >= 11 is 15.0. The molecule has 0 saturated carbocycles. The predicted molar refractivity (Wildman–Crippen MR) is 89.1 cm³/mol. The highest BCUT2D eigenvalue weighted by Gasteiger charge is 2.15. The van der Waals surface area contributed by atoms with Crippen molar-refractivity contribution in [2.45, 2.75) is 6.61 Å². The summed E-state index contributed by atoms with van der Waals surface area (Å²) in [6, 6.07) is 1.88. The summed E-state index contributed by atoms with van der Waals surface area (Å²) in [6.07, 6.45) is 1.69. The molecule has 4 nitrogen and oxygen atoms in total. The summed E-state index contributed by atoms with van der Waals surface area (Å²) in [5.74, 6) is 0.469. The number of nitrogens with zero attached hydrogens (tertiary/aromatic N) is 3. The van der Waals surface area contributed by atoms with Crippen LogP contribution < -0.4 is 0 Å². The number of halogens is 4. The van der Waals surface area contributed by atoms with Crippen LogP contribution in [0.15, 0.2) is 21.2 Å². The second kappa shape index (κ2) is 6.75. The third kappa shape index (κ3) is 3.63. The quantitative estimate of drug-likeness (QED) is 0.444. The Balaban J connectivity index is 2.56. The molecule has 0 atom stereocenters. The van der Waals surface area contributed by atoms with E-state index in [2.05, 4.69) is 69.4 Å². The lowest BCUT2D eigenvalue weighted by molar-refractivity contribution is 0.181. The van der Waals surface area contributed by atoms with Gasteiger partial charge in [0.05, 0.1) is 15.9 Å². The van der Waals surface area contributed by atoms with Gasteiger partial charge in [-0.25, -0.2) is 9.97 Å². The molecule has 2 aromatic heterocycles. The second-order valence-electron chi connectivity index (χ2n) is 3.52. The molecular weight excluding hydrogens is 512 g/mol. The third-order valence-electron chi connectivity index (χ3n) is 2.18. The maximum atomic E-state index is 6.12. The fourth-order valence-corrected chi connectivity index (χ4v) is 3.13. The van der Waals surface area contributed by atoms with Crippen molar-refractivity contribution < 1.29 is 4.74 Å². The van der Waals surface area contributed by atoms with E-state index in [1.807, 2.05) is 6.07 Å². The van der Waals surface area contributed by atoms with Gasteiger partial charge in [0.1, 0.15) is 10.8 Å². The van der Waals surface area contributed by atoms with Crippen LogP contribution in [0.3, 0.4) is 0 Å². The first-order chi connectivity index (χ1) is 9.02. The lowest BCUT2D eigenvalue weighted by atomic mass is 10.3. The molecule has 0 fully saturated rings. The van der Waals surface area contributed by atoms with Crippen molar-refractivity contribution in [1.82, 2.24) is 15.0 Å². The molecule has 0 spiro atoms. The Morgan fingerprint density at radius 1 is 1.37 bits per heavy atom. The highest BCUT2D eigenvalue weighted by Crippen LogP contribution is 2.29. The van der Waals surface area contributed by atoms with E-state index in [9.17, 15) is 0 Å². The molecule has 0 aromatic carbocycles. The van der Waals surface area contributed by atoms with Gasteiger partial charge in [-0.3, -0.25) is 4.98 Å². The zero-order valence-corrected chi connectivity index (χ0v) is 15.7. The van der Waals surface area contributed by atoms with Gasteiger partial charge in [0.2, 0.25) is 0 Å². The summed E-state index contributed by atoms with van der Waals surface area (Å²) < 4.78 is 7.57. The monoisotopic (exact) mass is 517 g/mol. The van der Waals surface area contributed by atoms with Gasteiger partial charge >= 0.3 is 0 Å². The van der Waals surface area contributed by atoms with E-state index in [0.717, 1.165) is 18.2 Å². The van der Waals surface area contributed by atoms with Crippen LogP contribution in [0.4, 0.5) is 0 Å². The Bertz CT molecular complexity index is 627. The Kier molecular flexibility index (Phi) is 5.53. The summed E-state index contributed by atoms with van der Waals surface area (Å²) in [4.78, 5) is 13.0. The molecule has 0 aliphatic carbocycles. The van der Waals surface area contributed by atoms with Crippen molar-refractivity contribution >= 4 is 66.1 Å². The molecule has 100 valence electrons. The molecule has 19 heavy (non-hydrogen) atoms. The van der Waals surface area contributed by atoms with Crippen molar-refractivity contribution in [2.75, 3.05) is 7.11 Å². The van der Waals surface area contributed by atoms with Crippen molar-refractivity contribution in [2.24, 2.45) is 0 Å². The van der Waals surface area contributed by atoms with Crippen LogP contribution in [-0.2, 0) is 11.3 Å². The second-order valence-corrected chi connectivity index (χ2v) is 6.72. The van der Waals surface area contributed by atoms with E-state index in [-0.39, 0.29) is 0 Å². The first kappa shape index (κ1) is 15.6. The molecule has 0 unspecified atom stereocenters. The highest BCUT2D eigenvalue weighted by molar-refractivity contribution is 14.1. The van der Waals surface area contributed by atoms with Crippen molar-refractivity contribution in [3.8, 4) is 11.5 Å². The number of aromatic nitrogens is 3. The predicted octanol–water partition coefficient (Wildman–Crippen LogP) is 4.47. The van der Waals surface area contributed by atoms with Gasteiger partial charge in [0.25, 0.3) is 0 Å². The number of methoxy groups -OCH3 is 1. The van der Waals surface area contributed by atoms with Crippen molar-refractivity contribution in [3.05, 3.63) is 35.6 Å². The van der Waals surface area contributed by atoms with Gasteiger partial charge in [-0.05, 0) is 60.5 Å². The molecule has 2 heterocycles. The van der Waals surface area contributed by atoms with E-state index >= 15 is 0 Å². The lowest BCUT2D eigenvalue weighted by Gasteiger charge is -2.08. The Morgan fingerprint density at radius 2 is 2.11 bits per heavy atom. The summed E-state index contributed by atoms with van der Waals surface area (Å²) in [7, 11) is 1.61. The van der Waals surface area contributed by atoms with Crippen molar-refractivity contribution in [3.63, 3.8) is 0 Å². The zero-order valence-electron chi connectivity index (χ0n) is 9.62. The van der Waals surface area contributed by atoms with Crippen LogP contribution in [0.5, 0.6) is 0 Å². The minimum atomic E-state index is 0.377. The average Bonchev–Trinajstić information content (AvgIpc) is 2.35. The number of hydrogen-bond donors (Lipinski definition) is 0. The van der Waals surface area contributed by atoms with Gasteiger partial charge in [-0.2, -0.15) is 0 Å². The summed E-state index contributed by atoms with van der Waals surface area (Å²) in [5, 5.41) is 0.397. The summed E-state index contributed by atoms with van der Waals surface area (Å²) in [5.41, 5.74) is 1.38. The molecule has 0 aliphatic heterocycles. The lowest BCUT2D eigenvalue weighted by Crippen LogP contribution is -2.03. The van der Waals surface area contributed by atoms with Gasteiger partial charge < -0.3 is 4.74 Å². The van der Waals surface area contributed by atoms with Gasteiger partial charge in [0, 0.05) is 22.3 Å². The van der Waals surface area contributed by atoms with E-state index in [1.165, 1.54) is 0 Å². The van der Waals surface area contributed by atoms with Crippen LogP contribution in [0.2, 0.25) is 5.15 Å². The SMILES string of the molecule is COCc1nc(-c2ncc(Br)cc2Br)nc(Cl)c1I. The molecule has 0 saturated heterocycles. The van der Waals surface area contributed by atoms with E-state index in [4.69, 9.17) is 16.3 Å². The van der Waals surface area contributed by atoms with Crippen LogP contribution in [0.1, 0.15) is 5.69 Å². The Labute approximate surface area is 145 Å². The topological polar surface area (TPSA) is 47.9 Å². The highest BCUT2D eigenvalue weighted by atomic mass is 127. The van der Waals surface area contributed by atoms with Crippen LogP contribution in [0.25, 0.3) is 11.5 Å². The number of ether oxygens (including phenoxy) is 1. The van der Waals surface area contributed by atoms with Crippen LogP contribution >= 0.6 is 66.1 Å². The minimum absolute atomic E-state index is 0.377. The first-order valence-corrected chi connectivity index (χ1v) is 8.09. The summed E-state index contributed by atoms with van der Waals surface area (Å²) in [6.45, 7) is 0.377. The zero-order chi connectivity index (χ0) is 14.0. The molecule has 0 radical (unpaired) electrons. The molecule has 0 N–H and O–H groups in total. The molecule has 2 aromatic rings. The fraction of sp³-hybridized carbons (Fsp3) is 0.182. The van der Waals surface area contributed by atoms with Crippen LogP contribution in [-0.4, -0.2) is 22.1 Å². The largest absolute Gasteiger partial charge is 0.378 e. The third-order valence-corrected chi connectivity index (χ3v) is 4.94. The fourth-order valence-electron chi connectivity index (χ4n) is 1.38. The van der Waals surface area contributed by atoms with E-state index in [1.54, 1.807) is 13.3 Å². The van der Waals surface area contributed by atoms with E-state index in [0.29, 0.717) is 23.3 Å². The maximum absolute atomic E-state index is 6.12. The average molecular weight is 519 g/mol. The van der Waals surface area contributed by atoms with Crippen molar-refractivity contribution in [1.29, 1.82) is 0 Å². The first-order valence-electron chi connectivity index (χ1n) is 5.05. The molecular formula is C11H7Br2ClIN3O. The normalized spacial score (nSPS) is 10.8. The minimum Gasteiger partial charge on any atom is -0.378 e. The maximum Gasteiger partial charge on any atom is 0.181 e. The molecule has 0 bridgehead atoms. The molecule has 0 aliphatic rings. The van der Waals surface area contributed by atoms with Gasteiger partial charge in [-0.1, -0.05) is 11.6 Å². The molecule has 0 amide bonds. The Hall–Kier alpha value is 0.170. The standard InChI is InChI=1S/C11H7Br2ClIN3O/c1-19-4-7-8(15)10(14)18-11(17-7)9-6(13)2-5(12)3-16-9/h2-3H,4H2,1H3. The van der Waals surface area contributed by atoms with Gasteiger partial charge in [-0.15, -0.1) is 0 Å². The molecule has 2 rings (SSSR count). The Morgan fingerprint density at radius 3 is 2.74 bits per heavy atom. The van der Waals surface area contributed by atoms with E-state index < -0.39 is 0 Å². The number of rotatable bonds is 3. The van der Waals surface area contributed by atoms with Crippen LogP contribution in [0, 0.1) is 3.57 Å². The smallest absolute Gasteiger partial charge is 0.181 e. The molecule has 8 heteroatoms. The number of pyridine rings is 1. The van der Waals surface area contributed by atoms with Gasteiger partial charge in [0.15, 0.2) is 5.82 Å². The number of hydrogen-bond acceptors (Lipinski definition) is 4.